The number of carbonyl (C=O) groups is 1. The summed E-state index contributed by atoms with van der Waals surface area (Å²) in [4.78, 5) is 12.8. The van der Waals surface area contributed by atoms with E-state index >= 15 is 0 Å². The molecule has 28 heavy (non-hydrogen) atoms. The lowest BCUT2D eigenvalue weighted by atomic mass is 9.95. The molecule has 0 unspecified atom stereocenters. The third kappa shape index (κ3) is 4.14. The van der Waals surface area contributed by atoms with E-state index in [1.54, 1.807) is 10.7 Å². The van der Waals surface area contributed by atoms with Crippen LogP contribution in [0.3, 0.4) is 0 Å². The molecule has 2 aromatic rings. The molecule has 0 spiro atoms. The van der Waals surface area contributed by atoms with Gasteiger partial charge in [-0.3, -0.25) is 9.48 Å². The Morgan fingerprint density at radius 1 is 1.11 bits per heavy atom. The monoisotopic (exact) mass is 401 g/mol. The number of hydrogen-bond acceptors (Lipinski definition) is 4. The van der Waals surface area contributed by atoms with Gasteiger partial charge in [-0.25, -0.2) is 8.42 Å². The Balaban J connectivity index is 1.65. The summed E-state index contributed by atoms with van der Waals surface area (Å²) in [6, 6.07) is 9.80. The van der Waals surface area contributed by atoms with E-state index in [-0.39, 0.29) is 29.5 Å². The molecule has 1 atom stereocenters. The molecule has 6 nitrogen and oxygen atoms in total. The smallest absolute Gasteiger partial charge is 0.272 e. The maximum absolute atomic E-state index is 12.8. The van der Waals surface area contributed by atoms with Gasteiger partial charge in [0.1, 0.15) is 0 Å². The van der Waals surface area contributed by atoms with Gasteiger partial charge in [0.05, 0.1) is 23.2 Å². The van der Waals surface area contributed by atoms with Crippen LogP contribution in [0, 0.1) is 6.92 Å². The van der Waals surface area contributed by atoms with Gasteiger partial charge in [0, 0.05) is 6.04 Å². The van der Waals surface area contributed by atoms with Gasteiger partial charge >= 0.3 is 0 Å². The van der Waals surface area contributed by atoms with Crippen LogP contribution in [0.5, 0.6) is 0 Å². The van der Waals surface area contributed by atoms with Crippen LogP contribution in [-0.4, -0.2) is 41.7 Å². The maximum atomic E-state index is 12.8. The largest absolute Gasteiger partial charge is 0.348 e. The molecule has 1 aliphatic heterocycles. The molecule has 2 aliphatic rings. The number of aryl methyl sites for hydroxylation is 1. The molecule has 1 amide bonds. The van der Waals surface area contributed by atoms with Gasteiger partial charge in [0.2, 0.25) is 0 Å². The zero-order valence-corrected chi connectivity index (χ0v) is 17.0. The first-order valence-corrected chi connectivity index (χ1v) is 11.9. The van der Waals surface area contributed by atoms with Gasteiger partial charge in [-0.2, -0.15) is 5.10 Å². The molecule has 2 heterocycles. The molecule has 2 fully saturated rings. The highest BCUT2D eigenvalue weighted by molar-refractivity contribution is 7.91. The molecule has 1 saturated carbocycles. The molecule has 1 N–H and O–H groups in total. The van der Waals surface area contributed by atoms with E-state index in [2.05, 4.69) is 10.4 Å². The number of benzene rings is 1. The number of nitrogens with zero attached hydrogens (tertiary/aromatic N) is 2. The van der Waals surface area contributed by atoms with Crippen molar-refractivity contribution in [1.82, 2.24) is 15.1 Å². The molecule has 4 rings (SSSR count). The minimum atomic E-state index is -3.04. The first-order chi connectivity index (χ1) is 13.4. The number of aromatic nitrogens is 2. The number of rotatable bonds is 4. The second kappa shape index (κ2) is 7.70. The van der Waals surface area contributed by atoms with Crippen LogP contribution in [-0.2, 0) is 9.84 Å². The van der Waals surface area contributed by atoms with E-state index in [0.717, 1.165) is 42.5 Å². The molecule has 7 heteroatoms. The predicted octanol–water partition coefficient (Wildman–Crippen LogP) is 3.28. The third-order valence-corrected chi connectivity index (χ3v) is 7.56. The first-order valence-electron chi connectivity index (χ1n) is 10.1. The second-order valence-electron chi connectivity index (χ2n) is 8.09. The Kier molecular flexibility index (Phi) is 5.27. The Morgan fingerprint density at radius 2 is 1.82 bits per heavy atom. The lowest BCUT2D eigenvalue weighted by molar-refractivity contribution is 0.0921. The summed E-state index contributed by atoms with van der Waals surface area (Å²) in [7, 11) is -3.04. The third-order valence-electron chi connectivity index (χ3n) is 5.81. The van der Waals surface area contributed by atoms with E-state index in [4.69, 9.17) is 0 Å². The fourth-order valence-corrected chi connectivity index (χ4v) is 5.89. The van der Waals surface area contributed by atoms with E-state index < -0.39 is 9.84 Å². The zero-order valence-electron chi connectivity index (χ0n) is 16.2. The summed E-state index contributed by atoms with van der Waals surface area (Å²) < 4.78 is 25.7. The average Bonchev–Trinajstić information content (AvgIpc) is 3.27. The maximum Gasteiger partial charge on any atom is 0.272 e. The molecule has 1 aromatic heterocycles. The topological polar surface area (TPSA) is 81.1 Å². The van der Waals surface area contributed by atoms with Crippen molar-refractivity contribution >= 4 is 15.7 Å². The van der Waals surface area contributed by atoms with Crippen molar-refractivity contribution in [3.05, 3.63) is 41.6 Å². The summed E-state index contributed by atoms with van der Waals surface area (Å²) >= 11 is 0. The van der Waals surface area contributed by atoms with Crippen molar-refractivity contribution in [3.8, 4) is 11.3 Å². The highest BCUT2D eigenvalue weighted by atomic mass is 32.2. The number of sulfone groups is 1. The van der Waals surface area contributed by atoms with Crippen LogP contribution in [0.25, 0.3) is 11.3 Å². The summed E-state index contributed by atoms with van der Waals surface area (Å²) in [6.07, 6.45) is 6.08. The van der Waals surface area contributed by atoms with Crippen LogP contribution in [0.15, 0.2) is 30.3 Å². The summed E-state index contributed by atoms with van der Waals surface area (Å²) in [5, 5.41) is 7.67. The predicted molar refractivity (Wildman–Crippen MR) is 109 cm³/mol. The SMILES string of the molecule is Cc1ccc(-c2cc(C(=O)NC3CCCCC3)nn2[C@H]2CCS(=O)(=O)C2)cc1. The van der Waals surface area contributed by atoms with Gasteiger partial charge in [-0.05, 0) is 37.8 Å². The molecule has 1 saturated heterocycles. The summed E-state index contributed by atoms with van der Waals surface area (Å²) in [5.74, 6) is 0.0889. The van der Waals surface area contributed by atoms with Crippen LogP contribution in [0.4, 0.5) is 0 Å². The normalized spacial score (nSPS) is 22.2. The molecule has 150 valence electrons. The van der Waals surface area contributed by atoms with E-state index in [0.29, 0.717) is 12.1 Å². The molecule has 0 radical (unpaired) electrons. The van der Waals surface area contributed by atoms with Gasteiger partial charge < -0.3 is 5.32 Å². The van der Waals surface area contributed by atoms with Crippen LogP contribution in [0.1, 0.15) is 60.6 Å². The van der Waals surface area contributed by atoms with Crippen LogP contribution in [0.2, 0.25) is 0 Å². The Labute approximate surface area is 166 Å². The Bertz CT molecular complexity index is 957. The van der Waals surface area contributed by atoms with Crippen molar-refractivity contribution < 1.29 is 13.2 Å². The molecule has 1 aliphatic carbocycles. The van der Waals surface area contributed by atoms with Crippen molar-refractivity contribution in [2.75, 3.05) is 11.5 Å². The fourth-order valence-electron chi connectivity index (χ4n) is 4.20. The highest BCUT2D eigenvalue weighted by Gasteiger charge is 2.32. The quantitative estimate of drug-likeness (QED) is 0.852. The minimum absolute atomic E-state index is 0.0806. The van der Waals surface area contributed by atoms with Crippen molar-refractivity contribution in [2.24, 2.45) is 0 Å². The number of amides is 1. The van der Waals surface area contributed by atoms with E-state index in [1.165, 1.54) is 6.42 Å². The lowest BCUT2D eigenvalue weighted by Gasteiger charge is -2.22. The van der Waals surface area contributed by atoms with Gasteiger partial charge in [0.25, 0.3) is 5.91 Å². The summed E-state index contributed by atoms with van der Waals surface area (Å²) in [5.41, 5.74) is 3.26. The number of hydrogen-bond donors (Lipinski definition) is 1. The highest BCUT2D eigenvalue weighted by Crippen LogP contribution is 2.30. The van der Waals surface area contributed by atoms with E-state index in [1.807, 2.05) is 31.2 Å². The van der Waals surface area contributed by atoms with E-state index in [9.17, 15) is 13.2 Å². The summed E-state index contributed by atoms with van der Waals surface area (Å²) in [6.45, 7) is 2.02. The Hall–Kier alpha value is -2.15. The van der Waals surface area contributed by atoms with Crippen molar-refractivity contribution in [3.63, 3.8) is 0 Å². The van der Waals surface area contributed by atoms with Crippen LogP contribution < -0.4 is 5.32 Å². The Morgan fingerprint density at radius 3 is 2.46 bits per heavy atom. The van der Waals surface area contributed by atoms with Crippen LogP contribution >= 0.6 is 0 Å². The van der Waals surface area contributed by atoms with Crippen molar-refractivity contribution in [2.45, 2.75) is 57.5 Å². The molecular weight excluding hydrogens is 374 g/mol. The lowest BCUT2D eigenvalue weighted by Crippen LogP contribution is -2.36. The second-order valence-corrected chi connectivity index (χ2v) is 10.3. The van der Waals surface area contributed by atoms with Gasteiger partial charge in [-0.15, -0.1) is 0 Å². The first kappa shape index (κ1) is 19.2. The average molecular weight is 402 g/mol. The van der Waals surface area contributed by atoms with Crippen molar-refractivity contribution in [1.29, 1.82) is 0 Å². The molecule has 1 aromatic carbocycles. The number of nitrogens with one attached hydrogen (secondary N) is 1. The van der Waals surface area contributed by atoms with Gasteiger partial charge in [-0.1, -0.05) is 49.1 Å². The molecular formula is C21H27N3O3S. The number of carbonyl (C=O) groups excluding carboxylic acids is 1. The van der Waals surface area contributed by atoms with Gasteiger partial charge in [0.15, 0.2) is 15.5 Å². The standard InChI is InChI=1S/C21H27N3O3S/c1-15-7-9-16(10-8-15)20-13-19(21(25)22-17-5-3-2-4-6-17)23-24(20)18-11-12-28(26,27)14-18/h7-10,13,17-18H,2-6,11-12,14H2,1H3,(H,22,25)/t18-/m0/s1. The molecule has 0 bridgehead atoms. The fraction of sp³-hybridized carbons (Fsp3) is 0.524. The zero-order chi connectivity index (χ0) is 19.7. The minimum Gasteiger partial charge on any atom is -0.348 e.